The molecule has 2 amide bonds. The predicted molar refractivity (Wildman–Crippen MR) is 147 cm³/mol. The summed E-state index contributed by atoms with van der Waals surface area (Å²) in [5, 5.41) is 6.57. The third-order valence-corrected chi connectivity index (χ3v) is 9.75. The van der Waals surface area contributed by atoms with Gasteiger partial charge in [0, 0.05) is 15.6 Å². The minimum atomic E-state index is -0.238. The Hall–Kier alpha value is -1.17. The van der Waals surface area contributed by atoms with Gasteiger partial charge in [0.2, 0.25) is 0 Å². The molecule has 6 rings (SSSR count). The van der Waals surface area contributed by atoms with E-state index in [1.165, 1.54) is 0 Å². The number of hydrogen-bond acceptors (Lipinski definition) is 4. The summed E-state index contributed by atoms with van der Waals surface area (Å²) in [6.07, 6.45) is 8.17. The van der Waals surface area contributed by atoms with Gasteiger partial charge in [0.15, 0.2) is 0 Å². The molecule has 3 aliphatic carbocycles. The van der Waals surface area contributed by atoms with Gasteiger partial charge in [-0.1, -0.05) is 41.4 Å². The van der Waals surface area contributed by atoms with Gasteiger partial charge >= 0.3 is 0 Å². The Morgan fingerprint density at radius 2 is 1.65 bits per heavy atom. The Morgan fingerprint density at radius 1 is 1.03 bits per heavy atom. The molecule has 0 aromatic heterocycles. The zero-order chi connectivity index (χ0) is 23.8. The van der Waals surface area contributed by atoms with Crippen molar-refractivity contribution in [1.29, 1.82) is 0 Å². The predicted octanol–water partition coefficient (Wildman–Crippen LogP) is 6.31. The fourth-order valence-corrected chi connectivity index (χ4v) is 8.47. The van der Waals surface area contributed by atoms with Gasteiger partial charge in [-0.3, -0.25) is 9.59 Å². The van der Waals surface area contributed by atoms with Gasteiger partial charge in [-0.15, -0.1) is 0 Å². The molecule has 34 heavy (non-hydrogen) atoms. The van der Waals surface area contributed by atoms with Crippen LogP contribution in [0.5, 0.6) is 5.75 Å². The zero-order valence-corrected chi connectivity index (χ0v) is 23.5. The molecule has 0 radical (unpaired) electrons. The maximum Gasteiger partial charge on any atom is 0.254 e. The molecule has 0 unspecified atom stereocenters. The summed E-state index contributed by atoms with van der Waals surface area (Å²) in [6.45, 7) is 0.312. The average Bonchev–Trinajstić information content (AvgIpc) is 3.39. The van der Waals surface area contributed by atoms with Crippen molar-refractivity contribution in [2.45, 2.75) is 19.4 Å². The number of rotatable bonds is 5. The maximum absolute atomic E-state index is 13.1. The molecular weight excluding hydrogens is 701 g/mol. The van der Waals surface area contributed by atoms with Crippen molar-refractivity contribution in [3.05, 3.63) is 70.8 Å². The molecule has 9 heteroatoms. The lowest BCUT2D eigenvalue weighted by atomic mass is 9.85. The van der Waals surface area contributed by atoms with E-state index in [0.29, 0.717) is 16.7 Å². The van der Waals surface area contributed by atoms with Gasteiger partial charge < -0.3 is 4.74 Å². The Labute approximate surface area is 234 Å². The van der Waals surface area contributed by atoms with E-state index in [-0.39, 0.29) is 40.9 Å². The highest BCUT2D eigenvalue weighted by Gasteiger charge is 2.73. The molecule has 1 saturated heterocycles. The van der Waals surface area contributed by atoms with Crippen molar-refractivity contribution in [1.82, 2.24) is 5.01 Å². The number of nitrogens with zero attached hydrogens (tertiary/aromatic N) is 2. The van der Waals surface area contributed by atoms with Crippen LogP contribution in [-0.4, -0.2) is 23.0 Å². The van der Waals surface area contributed by atoms with Gasteiger partial charge in [-0.2, -0.15) is 10.1 Å². The molecule has 5 nitrogen and oxygen atoms in total. The Bertz CT molecular complexity index is 1250. The largest absolute Gasteiger partial charge is 0.487 e. The number of amides is 2. The molecule has 0 N–H and O–H groups in total. The van der Waals surface area contributed by atoms with Gasteiger partial charge in [0.1, 0.15) is 12.4 Å². The lowest BCUT2D eigenvalue weighted by Gasteiger charge is -2.18. The smallest absolute Gasteiger partial charge is 0.254 e. The molecule has 1 heterocycles. The molecule has 2 aromatic rings. The fraction of sp³-hybridized carbons (Fsp3) is 0.320. The standard InChI is InChI=1S/C25H18Cl2I2N2O3/c26-14-2-1-13(17(27)9-14)11-34-22-18(28)7-12(8-19(22)29)10-30-31-23(32)20-15-3-4-16(21(20)24(31)33)25(15)5-6-25/h1-4,7-10,15-16,20-21H,5-6,11H2/b30-10-/t15-,16-,20+,21+/m1/s1. The SMILES string of the molecule is O=C1[C@@H]2[C@@H](C(=O)N1/N=C\c1cc(I)c(OCc3ccc(Cl)cc3Cl)c(I)c1)[C@H]1C=C[C@H]2C12CC2. The summed E-state index contributed by atoms with van der Waals surface area (Å²) in [7, 11) is 0. The highest BCUT2D eigenvalue weighted by molar-refractivity contribution is 14.1. The normalized spacial score (nSPS) is 27.9. The lowest BCUT2D eigenvalue weighted by Crippen LogP contribution is -2.30. The summed E-state index contributed by atoms with van der Waals surface area (Å²) >= 11 is 16.6. The van der Waals surface area contributed by atoms with Gasteiger partial charge in [-0.05, 0) is 105 Å². The highest BCUT2D eigenvalue weighted by atomic mass is 127. The topological polar surface area (TPSA) is 59.0 Å². The number of benzene rings is 2. The van der Waals surface area contributed by atoms with Crippen LogP contribution in [0, 0.1) is 36.2 Å². The molecule has 3 fully saturated rings. The van der Waals surface area contributed by atoms with Crippen LogP contribution in [0.3, 0.4) is 0 Å². The number of hydrazone groups is 1. The van der Waals surface area contributed by atoms with E-state index in [0.717, 1.165) is 41.9 Å². The molecule has 2 saturated carbocycles. The summed E-state index contributed by atoms with van der Waals surface area (Å²) in [6, 6.07) is 9.15. The van der Waals surface area contributed by atoms with Crippen molar-refractivity contribution in [2.75, 3.05) is 0 Å². The number of halogens is 4. The maximum atomic E-state index is 13.1. The second kappa shape index (κ2) is 8.45. The Morgan fingerprint density at radius 3 is 2.21 bits per heavy atom. The molecule has 2 bridgehead atoms. The first-order chi connectivity index (χ1) is 16.3. The number of allylic oxidation sites excluding steroid dienone is 2. The van der Waals surface area contributed by atoms with E-state index in [1.54, 1.807) is 18.3 Å². The first-order valence-corrected chi connectivity index (χ1v) is 13.9. The number of hydrogen-bond donors (Lipinski definition) is 0. The van der Waals surface area contributed by atoms with Crippen LogP contribution in [0.2, 0.25) is 10.0 Å². The molecule has 4 atom stereocenters. The summed E-state index contributed by atoms with van der Waals surface area (Å²) in [5.41, 5.74) is 1.83. The Balaban J connectivity index is 1.18. The first-order valence-electron chi connectivity index (χ1n) is 11.0. The summed E-state index contributed by atoms with van der Waals surface area (Å²) in [4.78, 5) is 26.2. The fourth-order valence-electron chi connectivity index (χ4n) is 5.88. The number of carbonyl (C=O) groups is 2. The van der Waals surface area contributed by atoms with Crippen molar-refractivity contribution < 1.29 is 14.3 Å². The molecule has 174 valence electrons. The van der Waals surface area contributed by atoms with Crippen molar-refractivity contribution in [3.63, 3.8) is 0 Å². The van der Waals surface area contributed by atoms with E-state index in [2.05, 4.69) is 62.4 Å². The Kier molecular flexibility index (Phi) is 5.78. The number of ether oxygens (including phenoxy) is 1. The second-order valence-electron chi connectivity index (χ2n) is 9.29. The molecule has 4 aliphatic rings. The molecular formula is C25H18Cl2I2N2O3. The highest BCUT2D eigenvalue weighted by Crippen LogP contribution is 2.73. The van der Waals surface area contributed by atoms with Gasteiger partial charge in [0.25, 0.3) is 11.8 Å². The third kappa shape index (κ3) is 3.56. The van der Waals surface area contributed by atoms with E-state index in [4.69, 9.17) is 27.9 Å². The minimum Gasteiger partial charge on any atom is -0.487 e. The van der Waals surface area contributed by atoms with Crippen LogP contribution < -0.4 is 4.74 Å². The van der Waals surface area contributed by atoms with Crippen molar-refractivity contribution in [2.24, 2.45) is 34.2 Å². The monoisotopic (exact) mass is 718 g/mol. The zero-order valence-electron chi connectivity index (χ0n) is 17.7. The second-order valence-corrected chi connectivity index (χ2v) is 12.5. The van der Waals surface area contributed by atoms with Crippen molar-refractivity contribution in [3.8, 4) is 5.75 Å². The van der Waals surface area contributed by atoms with E-state index in [1.807, 2.05) is 18.2 Å². The van der Waals surface area contributed by atoms with Crippen molar-refractivity contribution >= 4 is 86.4 Å². The third-order valence-electron chi connectivity index (χ3n) is 7.56. The lowest BCUT2D eigenvalue weighted by molar-refractivity contribution is -0.141. The van der Waals surface area contributed by atoms with E-state index in [9.17, 15) is 9.59 Å². The number of imide groups is 1. The van der Waals surface area contributed by atoms with E-state index < -0.39 is 0 Å². The van der Waals surface area contributed by atoms with Crippen LogP contribution in [0.15, 0.2) is 47.6 Å². The first kappa shape index (κ1) is 23.2. The van der Waals surface area contributed by atoms with Crippen LogP contribution in [0.25, 0.3) is 0 Å². The van der Waals surface area contributed by atoms with Crippen LogP contribution in [0.4, 0.5) is 0 Å². The summed E-state index contributed by atoms with van der Waals surface area (Å²) in [5.74, 6) is 0.357. The van der Waals surface area contributed by atoms with Gasteiger partial charge in [0.05, 0.1) is 25.2 Å². The van der Waals surface area contributed by atoms with Crippen LogP contribution >= 0.6 is 68.4 Å². The molecule has 1 spiro atoms. The average molecular weight is 719 g/mol. The van der Waals surface area contributed by atoms with E-state index >= 15 is 0 Å². The molecule has 2 aromatic carbocycles. The van der Waals surface area contributed by atoms with Gasteiger partial charge in [-0.25, -0.2) is 0 Å². The van der Waals surface area contributed by atoms with Crippen LogP contribution in [-0.2, 0) is 16.2 Å². The molecule has 1 aliphatic heterocycles. The minimum absolute atomic E-state index is 0.154. The van der Waals surface area contributed by atoms with Crippen LogP contribution in [0.1, 0.15) is 24.0 Å². The summed E-state index contributed by atoms with van der Waals surface area (Å²) < 4.78 is 7.82. The number of carbonyl (C=O) groups excluding carboxylic acids is 2. The quantitative estimate of drug-likeness (QED) is 0.158. The number of fused-ring (bicyclic) bond motifs is 3.